The van der Waals surface area contributed by atoms with E-state index < -0.39 is 122 Å². The second-order valence-electron chi connectivity index (χ2n) is 17.0. The van der Waals surface area contributed by atoms with Crippen molar-refractivity contribution < 1.29 is 17.2 Å². The summed E-state index contributed by atoms with van der Waals surface area (Å²) in [5.41, 5.74) is 0. The third-order valence-electron chi connectivity index (χ3n) is 11.1. The fraction of sp³-hybridized carbons (Fsp3) is 0. The molecular weight excluding hydrogens is 1740 g/mol. The molecule has 12 aromatic rings. The first kappa shape index (κ1) is 66.1. The molecule has 0 nitrogen and oxygen atoms in total. The molecule has 0 heterocycles. The van der Waals surface area contributed by atoms with Gasteiger partial charge in [0.2, 0.25) is 0 Å². The van der Waals surface area contributed by atoms with Gasteiger partial charge in [-0.25, -0.2) is 0 Å². The molecule has 0 bridgehead atoms. The zero-order valence-electron chi connectivity index (χ0n) is 45.2. The Morgan fingerprint density at radius 3 is 0.226 bits per heavy atom. The van der Waals surface area contributed by atoms with Crippen LogP contribution in [-0.2, 0) is 0 Å². The molecule has 0 saturated heterocycles. The summed E-state index contributed by atoms with van der Waals surface area (Å²) in [6, 6.07) is 113. The third kappa shape index (κ3) is 22.8. The van der Waals surface area contributed by atoms with Crippen LogP contribution in [0.5, 0.6) is 0 Å². The molecule has 0 aliphatic carbocycles. The van der Waals surface area contributed by atoms with Gasteiger partial charge in [-0.1, -0.05) is 0 Å². The van der Waals surface area contributed by atoms with Crippen molar-refractivity contribution >= 4 is 122 Å². The van der Waals surface area contributed by atoms with Gasteiger partial charge in [0.1, 0.15) is 0 Å². The van der Waals surface area contributed by atoms with Crippen molar-refractivity contribution in [1.82, 2.24) is 0 Å². The van der Waals surface area contributed by atoms with Crippen LogP contribution in [0.4, 0.5) is 17.2 Å². The number of benzene rings is 12. The summed E-state index contributed by atoms with van der Waals surface area (Å²) >= 11 is -15.6. The van der Waals surface area contributed by atoms with Gasteiger partial charge < -0.3 is 0 Å². The van der Waals surface area contributed by atoms with E-state index in [1.165, 1.54) is 0 Å². The van der Waals surface area contributed by atoms with Gasteiger partial charge in [0, 0.05) is 0 Å². The molecule has 12 aromatic carbocycles. The molecule has 84 heavy (non-hydrogen) atoms. The van der Waals surface area contributed by atoms with Crippen LogP contribution in [0.2, 0.25) is 0 Å². The van der Waals surface area contributed by atoms with Gasteiger partial charge in [-0.3, -0.25) is 0 Å². The first-order valence-corrected chi connectivity index (χ1v) is 43.9. The Labute approximate surface area is 539 Å². The summed E-state index contributed by atoms with van der Waals surface area (Å²) in [7, 11) is 0. The van der Waals surface area contributed by atoms with Crippen LogP contribution in [0, 0.1) is 42.8 Å². The SMILES string of the molecule is FI(c1ccccc1)c1ccccc1.FI(c1ccccc1)c1ccccc1.FI(c1ccccc1)c1ccccc1.FI(c1ccccc1)c1ccccc1.FI(c1ccccc1)c1ccccc1.FI(c1ccccc1)c1ccccc1. The Kier molecular flexibility index (Phi) is 30.4. The van der Waals surface area contributed by atoms with E-state index in [2.05, 4.69) is 0 Å². The van der Waals surface area contributed by atoms with Crippen molar-refractivity contribution in [2.75, 3.05) is 0 Å². The van der Waals surface area contributed by atoms with Crippen LogP contribution in [0.15, 0.2) is 364 Å². The molecular formula is C72H60F6I6. The van der Waals surface area contributed by atoms with Crippen LogP contribution in [0.25, 0.3) is 0 Å². The molecule has 0 amide bonds. The van der Waals surface area contributed by atoms with E-state index in [4.69, 9.17) is 0 Å². The molecule has 0 aliphatic heterocycles. The van der Waals surface area contributed by atoms with E-state index >= 15 is 0 Å². The zero-order chi connectivity index (χ0) is 58.8. The monoisotopic (exact) mass is 1800 g/mol. The minimum absolute atomic E-state index is 0.864. The molecule has 0 unspecified atom stereocenters. The van der Waals surface area contributed by atoms with Gasteiger partial charge >= 0.3 is 546 Å². The topological polar surface area (TPSA) is 0 Å². The van der Waals surface area contributed by atoms with Gasteiger partial charge in [0.15, 0.2) is 0 Å². The van der Waals surface area contributed by atoms with E-state index in [-0.39, 0.29) is 0 Å². The quantitative estimate of drug-likeness (QED) is 0.0845. The predicted octanol–water partition coefficient (Wildman–Crippen LogP) is 24.7. The predicted molar refractivity (Wildman–Crippen MR) is 392 cm³/mol. The normalized spacial score (nSPS) is 11.1. The first-order valence-electron chi connectivity index (χ1n) is 26.1. The summed E-state index contributed by atoms with van der Waals surface area (Å²) < 4.78 is 94.5. The average Bonchev–Trinajstić information content (AvgIpc) is 3.71. The molecule has 12 heteroatoms. The zero-order valence-corrected chi connectivity index (χ0v) is 58.1. The van der Waals surface area contributed by atoms with Gasteiger partial charge in [0.05, 0.1) is 0 Å². The second kappa shape index (κ2) is 38.6. The third-order valence-corrected chi connectivity index (χ3v) is 32.8. The van der Waals surface area contributed by atoms with Gasteiger partial charge in [0.25, 0.3) is 0 Å². The Morgan fingerprint density at radius 2 is 0.167 bits per heavy atom. The van der Waals surface area contributed by atoms with Crippen molar-refractivity contribution in [1.29, 1.82) is 0 Å². The first-order chi connectivity index (χ1) is 41.3. The second-order valence-corrected chi connectivity index (χ2v) is 40.0. The van der Waals surface area contributed by atoms with Crippen molar-refractivity contribution in [3.8, 4) is 0 Å². The molecule has 12 rings (SSSR count). The van der Waals surface area contributed by atoms with Crippen LogP contribution in [0.3, 0.4) is 0 Å². The van der Waals surface area contributed by atoms with E-state index in [1.807, 2.05) is 364 Å². The van der Waals surface area contributed by atoms with E-state index in [1.54, 1.807) is 0 Å². The van der Waals surface area contributed by atoms with Crippen molar-refractivity contribution in [2.24, 2.45) is 0 Å². The summed E-state index contributed by atoms with van der Waals surface area (Å²) in [5.74, 6) is 0. The van der Waals surface area contributed by atoms with Crippen molar-refractivity contribution in [3.63, 3.8) is 0 Å². The molecule has 0 N–H and O–H groups in total. The van der Waals surface area contributed by atoms with E-state index in [0.717, 1.165) is 42.8 Å². The summed E-state index contributed by atoms with van der Waals surface area (Å²) in [6.07, 6.45) is 0. The Morgan fingerprint density at radius 1 is 0.107 bits per heavy atom. The number of rotatable bonds is 12. The van der Waals surface area contributed by atoms with Gasteiger partial charge in [-0.2, -0.15) is 0 Å². The molecule has 0 aromatic heterocycles. The molecule has 0 radical (unpaired) electrons. The Hall–Kier alpha value is -5.40. The van der Waals surface area contributed by atoms with Crippen LogP contribution in [-0.4, -0.2) is 0 Å². The molecule has 0 spiro atoms. The number of hydrogen-bond acceptors (Lipinski definition) is 0. The van der Waals surface area contributed by atoms with Crippen LogP contribution in [0.1, 0.15) is 0 Å². The van der Waals surface area contributed by atoms with Crippen LogP contribution >= 0.6 is 122 Å². The van der Waals surface area contributed by atoms with Gasteiger partial charge in [-0.05, 0) is 0 Å². The Bertz CT molecular complexity index is 2700. The maximum absolute atomic E-state index is 14.0. The van der Waals surface area contributed by atoms with Crippen molar-refractivity contribution in [2.45, 2.75) is 0 Å². The average molecular weight is 1800 g/mol. The fourth-order valence-corrected chi connectivity index (χ4v) is 23.9. The molecule has 0 saturated carbocycles. The summed E-state index contributed by atoms with van der Waals surface area (Å²) in [6.45, 7) is 0. The summed E-state index contributed by atoms with van der Waals surface area (Å²) in [4.78, 5) is 0. The van der Waals surface area contributed by atoms with Crippen LogP contribution < -0.4 is 0 Å². The molecule has 0 aliphatic rings. The minimum atomic E-state index is -2.60. The summed E-state index contributed by atoms with van der Waals surface area (Å²) in [5, 5.41) is 0. The van der Waals surface area contributed by atoms with Crippen molar-refractivity contribution in [3.05, 3.63) is 407 Å². The fourth-order valence-electron chi connectivity index (χ4n) is 7.06. The molecule has 0 fully saturated rings. The van der Waals surface area contributed by atoms with E-state index in [9.17, 15) is 17.2 Å². The standard InChI is InChI=1S/6C12H10FI/c6*13-14(11-7-3-1-4-8-11)12-9-5-2-6-10-12/h6*1-10H. The van der Waals surface area contributed by atoms with Gasteiger partial charge in [-0.15, -0.1) is 0 Å². The van der Waals surface area contributed by atoms with E-state index in [0.29, 0.717) is 0 Å². The maximum atomic E-state index is 14.0. The Balaban J connectivity index is 0.000000145. The number of hydrogen-bond donors (Lipinski definition) is 0. The molecule has 432 valence electrons. The number of halogens is 12. The molecule has 0 atom stereocenters.